The molecule has 6 heteroatoms. The second kappa shape index (κ2) is 4.96. The normalized spacial score (nSPS) is 30.4. The van der Waals surface area contributed by atoms with E-state index in [1.807, 2.05) is 0 Å². The average molecular weight is 227 g/mol. The third kappa shape index (κ3) is 2.95. The first-order valence-electron chi connectivity index (χ1n) is 5.29. The zero-order chi connectivity index (χ0) is 12.3. The minimum Gasteiger partial charge on any atom is -0.369 e. The molecule has 0 bridgehead atoms. The van der Waals surface area contributed by atoms with Gasteiger partial charge in [-0.25, -0.2) is 0 Å². The summed E-state index contributed by atoms with van der Waals surface area (Å²) in [6.07, 6.45) is 1.64. The van der Waals surface area contributed by atoms with Gasteiger partial charge in [-0.15, -0.1) is 0 Å². The second-order valence-corrected chi connectivity index (χ2v) is 4.35. The summed E-state index contributed by atoms with van der Waals surface area (Å²) in [4.78, 5) is 33.4. The van der Waals surface area contributed by atoms with E-state index in [9.17, 15) is 14.4 Å². The van der Waals surface area contributed by atoms with Crippen molar-refractivity contribution in [2.75, 3.05) is 0 Å². The van der Waals surface area contributed by atoms with Crippen molar-refractivity contribution < 1.29 is 14.4 Å². The molecule has 6 nitrogen and oxygen atoms in total. The van der Waals surface area contributed by atoms with Crippen LogP contribution in [0.4, 0.5) is 0 Å². The summed E-state index contributed by atoms with van der Waals surface area (Å²) < 4.78 is 0. The van der Waals surface area contributed by atoms with E-state index in [0.29, 0.717) is 25.7 Å². The number of nitrogens with two attached hydrogens (primary N) is 3. The van der Waals surface area contributed by atoms with Crippen molar-refractivity contribution in [1.82, 2.24) is 0 Å². The molecule has 1 rings (SSSR count). The lowest BCUT2D eigenvalue weighted by atomic mass is 9.90. The van der Waals surface area contributed by atoms with E-state index >= 15 is 0 Å². The molecule has 3 amide bonds. The van der Waals surface area contributed by atoms with Crippen LogP contribution >= 0.6 is 0 Å². The summed E-state index contributed by atoms with van der Waals surface area (Å²) >= 11 is 0. The van der Waals surface area contributed by atoms with Gasteiger partial charge in [-0.05, 0) is 25.7 Å². The number of hydrogen-bond acceptors (Lipinski definition) is 3. The molecule has 1 aliphatic rings. The zero-order valence-electron chi connectivity index (χ0n) is 9.02. The first-order chi connectivity index (χ1) is 7.41. The van der Waals surface area contributed by atoms with Gasteiger partial charge in [0.15, 0.2) is 0 Å². The minimum absolute atomic E-state index is 0.328. The molecule has 1 aliphatic carbocycles. The van der Waals surface area contributed by atoms with Crippen LogP contribution < -0.4 is 17.2 Å². The maximum atomic E-state index is 11.2. The predicted octanol–water partition coefficient (Wildman–Crippen LogP) is -1.14. The summed E-state index contributed by atoms with van der Waals surface area (Å²) in [6, 6.07) is 0. The first kappa shape index (κ1) is 12.5. The molecule has 2 unspecified atom stereocenters. The Morgan fingerprint density at radius 1 is 0.688 bits per heavy atom. The number of amides is 3. The standard InChI is InChI=1S/C10H17N3O3/c11-8(14)5-1-2-6(9(12)15)4-7(3-5)10(13)16/h5-7H,1-4H2,(H2,11,14)(H2,12,15)(H2,13,16). The Morgan fingerprint density at radius 2 is 1.00 bits per heavy atom. The number of carbonyl (C=O) groups is 3. The van der Waals surface area contributed by atoms with Gasteiger partial charge >= 0.3 is 0 Å². The number of carbonyl (C=O) groups excluding carboxylic acids is 3. The van der Waals surface area contributed by atoms with Crippen LogP contribution in [-0.4, -0.2) is 17.7 Å². The fourth-order valence-electron chi connectivity index (χ4n) is 2.17. The Bertz CT molecular complexity index is 292. The smallest absolute Gasteiger partial charge is 0.220 e. The third-order valence-corrected chi connectivity index (χ3v) is 3.21. The van der Waals surface area contributed by atoms with Crippen molar-refractivity contribution in [3.05, 3.63) is 0 Å². The van der Waals surface area contributed by atoms with Gasteiger partial charge in [-0.3, -0.25) is 14.4 Å². The highest BCUT2D eigenvalue weighted by Gasteiger charge is 2.33. The van der Waals surface area contributed by atoms with E-state index in [2.05, 4.69) is 0 Å². The Balaban J connectivity index is 2.80. The fraction of sp³-hybridized carbons (Fsp3) is 0.700. The fourth-order valence-corrected chi connectivity index (χ4v) is 2.17. The molecular formula is C10H17N3O3. The van der Waals surface area contributed by atoms with E-state index in [4.69, 9.17) is 17.2 Å². The van der Waals surface area contributed by atoms with Gasteiger partial charge in [-0.2, -0.15) is 0 Å². The van der Waals surface area contributed by atoms with Gasteiger partial charge in [0.1, 0.15) is 0 Å². The van der Waals surface area contributed by atoms with E-state index in [1.165, 1.54) is 0 Å². The van der Waals surface area contributed by atoms with Gasteiger partial charge in [0.2, 0.25) is 17.7 Å². The molecule has 6 N–H and O–H groups in total. The van der Waals surface area contributed by atoms with E-state index in [-0.39, 0.29) is 11.8 Å². The van der Waals surface area contributed by atoms with Crippen molar-refractivity contribution in [3.8, 4) is 0 Å². The molecule has 0 heterocycles. The maximum absolute atomic E-state index is 11.2. The van der Waals surface area contributed by atoms with E-state index in [1.54, 1.807) is 0 Å². The molecule has 0 spiro atoms. The van der Waals surface area contributed by atoms with Crippen LogP contribution in [0.3, 0.4) is 0 Å². The van der Waals surface area contributed by atoms with Crippen LogP contribution in [0.15, 0.2) is 0 Å². The van der Waals surface area contributed by atoms with Gasteiger partial charge in [-0.1, -0.05) is 0 Å². The minimum atomic E-state index is -0.501. The van der Waals surface area contributed by atoms with Crippen LogP contribution in [-0.2, 0) is 14.4 Å². The summed E-state index contributed by atoms with van der Waals surface area (Å²) in [5.41, 5.74) is 15.6. The highest BCUT2D eigenvalue weighted by molar-refractivity contribution is 5.82. The summed E-state index contributed by atoms with van der Waals surface area (Å²) in [5, 5.41) is 0. The average Bonchev–Trinajstić information content (AvgIpc) is 2.39. The third-order valence-electron chi connectivity index (χ3n) is 3.21. The molecular weight excluding hydrogens is 210 g/mol. The molecule has 1 fully saturated rings. The summed E-state index contributed by atoms with van der Waals surface area (Å²) in [7, 11) is 0. The van der Waals surface area contributed by atoms with Crippen LogP contribution in [0, 0.1) is 17.8 Å². The molecule has 90 valence electrons. The molecule has 0 aromatic carbocycles. The number of hydrogen-bond donors (Lipinski definition) is 3. The summed E-state index contributed by atoms with van der Waals surface area (Å²) in [5.74, 6) is -2.66. The van der Waals surface area contributed by atoms with Crippen LogP contribution in [0.1, 0.15) is 25.7 Å². The van der Waals surface area contributed by atoms with Crippen LogP contribution in [0.25, 0.3) is 0 Å². The second-order valence-electron chi connectivity index (χ2n) is 4.35. The molecule has 16 heavy (non-hydrogen) atoms. The van der Waals surface area contributed by atoms with Crippen molar-refractivity contribution in [1.29, 1.82) is 0 Å². The Labute approximate surface area is 93.5 Å². The SMILES string of the molecule is NC(=O)C1CCC(C(N)=O)CC(C(N)=O)C1. The van der Waals surface area contributed by atoms with Crippen molar-refractivity contribution >= 4 is 17.7 Å². The quantitative estimate of drug-likeness (QED) is 0.527. The summed E-state index contributed by atoms with van der Waals surface area (Å²) in [6.45, 7) is 0. The van der Waals surface area contributed by atoms with Crippen LogP contribution in [0.2, 0.25) is 0 Å². The largest absolute Gasteiger partial charge is 0.369 e. The van der Waals surface area contributed by atoms with Crippen LogP contribution in [0.5, 0.6) is 0 Å². The lowest BCUT2D eigenvalue weighted by Gasteiger charge is -2.15. The number of rotatable bonds is 3. The maximum Gasteiger partial charge on any atom is 0.220 e. The van der Waals surface area contributed by atoms with E-state index < -0.39 is 23.6 Å². The van der Waals surface area contributed by atoms with Crippen molar-refractivity contribution in [2.45, 2.75) is 25.7 Å². The first-order valence-corrected chi connectivity index (χ1v) is 5.29. The van der Waals surface area contributed by atoms with Gasteiger partial charge in [0, 0.05) is 17.8 Å². The van der Waals surface area contributed by atoms with Gasteiger partial charge in [0.05, 0.1) is 0 Å². The monoisotopic (exact) mass is 227 g/mol. The highest BCUT2D eigenvalue weighted by atomic mass is 16.2. The molecule has 2 atom stereocenters. The lowest BCUT2D eigenvalue weighted by Crippen LogP contribution is -2.31. The Kier molecular flexibility index (Phi) is 3.87. The lowest BCUT2D eigenvalue weighted by molar-refractivity contribution is -0.125. The Morgan fingerprint density at radius 3 is 1.25 bits per heavy atom. The topological polar surface area (TPSA) is 129 Å². The predicted molar refractivity (Wildman–Crippen MR) is 56.5 cm³/mol. The van der Waals surface area contributed by atoms with Crippen molar-refractivity contribution in [3.63, 3.8) is 0 Å². The van der Waals surface area contributed by atoms with Gasteiger partial charge < -0.3 is 17.2 Å². The molecule has 0 aromatic heterocycles. The molecule has 0 aliphatic heterocycles. The number of primary amides is 3. The molecule has 1 saturated carbocycles. The molecule has 0 aromatic rings. The van der Waals surface area contributed by atoms with Gasteiger partial charge in [0.25, 0.3) is 0 Å². The highest BCUT2D eigenvalue weighted by Crippen LogP contribution is 2.31. The Hall–Kier alpha value is -1.59. The van der Waals surface area contributed by atoms with E-state index in [0.717, 1.165) is 0 Å². The van der Waals surface area contributed by atoms with Crippen molar-refractivity contribution in [2.24, 2.45) is 35.0 Å². The zero-order valence-corrected chi connectivity index (χ0v) is 9.02. The molecule has 0 saturated heterocycles. The molecule has 0 radical (unpaired) electrons.